The molecule has 0 aromatic heterocycles. The molecular weight excluding hydrogens is 242 g/mol. The molecule has 3 N–H and O–H groups in total. The van der Waals surface area contributed by atoms with Crippen molar-refractivity contribution in [2.24, 2.45) is 16.6 Å². The molecule has 0 saturated heterocycles. The molecule has 1 amide bonds. The van der Waals surface area contributed by atoms with Gasteiger partial charge in [-0.05, 0) is 45.6 Å². The summed E-state index contributed by atoms with van der Waals surface area (Å²) in [5, 5.41) is 2.82. The number of carbonyl (C=O) groups excluding carboxylic acids is 1. The first-order valence-electron chi connectivity index (χ1n) is 6.77. The second-order valence-corrected chi connectivity index (χ2v) is 5.83. The van der Waals surface area contributed by atoms with Crippen LogP contribution in [0.4, 0.5) is 4.79 Å². The van der Waals surface area contributed by atoms with E-state index in [1.54, 1.807) is 0 Å². The molecule has 0 radical (unpaired) electrons. The lowest BCUT2D eigenvalue weighted by Crippen LogP contribution is -2.35. The van der Waals surface area contributed by atoms with E-state index in [0.29, 0.717) is 19.0 Å². The minimum atomic E-state index is -0.487. The SMILES string of the molecule is CC1CCC(=NCCN)C=C1NC(=O)OC(C)(C)C. The van der Waals surface area contributed by atoms with E-state index in [4.69, 9.17) is 10.5 Å². The minimum Gasteiger partial charge on any atom is -0.444 e. The number of amides is 1. The average Bonchev–Trinajstić information content (AvgIpc) is 2.27. The molecule has 0 saturated carbocycles. The van der Waals surface area contributed by atoms with Crippen LogP contribution in [-0.4, -0.2) is 30.5 Å². The summed E-state index contributed by atoms with van der Waals surface area (Å²) < 4.78 is 5.25. The first kappa shape index (κ1) is 15.7. The summed E-state index contributed by atoms with van der Waals surface area (Å²) >= 11 is 0. The predicted octanol–water partition coefficient (Wildman–Crippen LogP) is 2.22. The highest BCUT2D eigenvalue weighted by Crippen LogP contribution is 2.21. The lowest BCUT2D eigenvalue weighted by atomic mass is 9.93. The Kier molecular flexibility index (Phi) is 5.54. The third kappa shape index (κ3) is 5.87. The van der Waals surface area contributed by atoms with Gasteiger partial charge in [0.2, 0.25) is 0 Å². The van der Waals surface area contributed by atoms with Crippen LogP contribution in [0.1, 0.15) is 40.5 Å². The van der Waals surface area contributed by atoms with Crippen molar-refractivity contribution in [2.45, 2.75) is 46.1 Å². The largest absolute Gasteiger partial charge is 0.444 e. The van der Waals surface area contributed by atoms with Gasteiger partial charge < -0.3 is 10.5 Å². The van der Waals surface area contributed by atoms with Gasteiger partial charge in [-0.25, -0.2) is 4.79 Å². The Bertz CT molecular complexity index is 381. The van der Waals surface area contributed by atoms with E-state index in [1.807, 2.05) is 26.8 Å². The monoisotopic (exact) mass is 267 g/mol. The summed E-state index contributed by atoms with van der Waals surface area (Å²) in [6.07, 6.45) is 3.44. The van der Waals surface area contributed by atoms with E-state index in [0.717, 1.165) is 24.3 Å². The number of ether oxygens (including phenoxy) is 1. The summed E-state index contributed by atoms with van der Waals surface area (Å²) in [6, 6.07) is 0. The summed E-state index contributed by atoms with van der Waals surface area (Å²) in [5.74, 6) is 0.310. The molecule has 1 atom stereocenters. The number of hydrogen-bond donors (Lipinski definition) is 2. The third-order valence-electron chi connectivity index (χ3n) is 2.78. The molecule has 0 spiro atoms. The van der Waals surface area contributed by atoms with E-state index in [-0.39, 0.29) is 0 Å². The Balaban J connectivity index is 2.68. The van der Waals surface area contributed by atoms with Crippen molar-refractivity contribution in [3.05, 3.63) is 11.8 Å². The number of nitrogens with zero attached hydrogens (tertiary/aromatic N) is 1. The predicted molar refractivity (Wildman–Crippen MR) is 77.2 cm³/mol. The number of aliphatic imine (C=N–C) groups is 1. The summed E-state index contributed by atoms with van der Waals surface area (Å²) in [5.41, 5.74) is 6.82. The van der Waals surface area contributed by atoms with Gasteiger partial charge in [0.15, 0.2) is 0 Å². The maximum absolute atomic E-state index is 11.8. The number of rotatable bonds is 3. The molecule has 1 aliphatic carbocycles. The van der Waals surface area contributed by atoms with Crippen molar-refractivity contribution in [1.82, 2.24) is 5.32 Å². The Morgan fingerprint density at radius 3 is 2.84 bits per heavy atom. The lowest BCUT2D eigenvalue weighted by Gasteiger charge is -2.25. The fourth-order valence-corrected chi connectivity index (χ4v) is 1.83. The van der Waals surface area contributed by atoms with Crippen LogP contribution in [0.15, 0.2) is 16.8 Å². The molecular formula is C14H25N3O2. The Morgan fingerprint density at radius 1 is 1.58 bits per heavy atom. The number of nitrogens with two attached hydrogens (primary N) is 1. The summed E-state index contributed by atoms with van der Waals surface area (Å²) in [4.78, 5) is 16.2. The van der Waals surface area contributed by atoms with Gasteiger partial charge in [-0.15, -0.1) is 0 Å². The van der Waals surface area contributed by atoms with Crippen LogP contribution in [0.3, 0.4) is 0 Å². The van der Waals surface area contributed by atoms with Crippen molar-refractivity contribution >= 4 is 11.8 Å². The molecule has 0 aliphatic heterocycles. The van der Waals surface area contributed by atoms with Crippen molar-refractivity contribution in [1.29, 1.82) is 0 Å². The number of nitrogens with one attached hydrogen (secondary N) is 1. The van der Waals surface area contributed by atoms with Gasteiger partial charge in [-0.2, -0.15) is 0 Å². The number of allylic oxidation sites excluding steroid dienone is 2. The second-order valence-electron chi connectivity index (χ2n) is 5.83. The van der Waals surface area contributed by atoms with Gasteiger partial charge in [-0.3, -0.25) is 10.3 Å². The van der Waals surface area contributed by atoms with Crippen molar-refractivity contribution in [3.63, 3.8) is 0 Å². The van der Waals surface area contributed by atoms with Crippen LogP contribution in [0.5, 0.6) is 0 Å². The quantitative estimate of drug-likeness (QED) is 0.823. The summed E-state index contributed by atoms with van der Waals surface area (Å²) in [7, 11) is 0. The van der Waals surface area contributed by atoms with Gasteiger partial charge in [0, 0.05) is 18.0 Å². The number of alkyl carbamates (subject to hydrolysis) is 1. The highest BCUT2D eigenvalue weighted by molar-refractivity contribution is 5.96. The van der Waals surface area contributed by atoms with E-state index >= 15 is 0 Å². The Labute approximate surface area is 115 Å². The number of carbonyl (C=O) groups is 1. The average molecular weight is 267 g/mol. The standard InChI is InChI=1S/C14H25N3O2/c1-10-5-6-11(16-8-7-15)9-12(10)17-13(18)19-14(2,3)4/h9-10H,5-8,15H2,1-4H3,(H,17,18). The fraction of sp³-hybridized carbons (Fsp3) is 0.714. The Morgan fingerprint density at radius 2 is 2.26 bits per heavy atom. The van der Waals surface area contributed by atoms with Crippen molar-refractivity contribution < 1.29 is 9.53 Å². The van der Waals surface area contributed by atoms with Crippen molar-refractivity contribution in [3.8, 4) is 0 Å². The molecule has 5 heteroatoms. The van der Waals surface area contributed by atoms with Gasteiger partial charge in [-0.1, -0.05) is 6.92 Å². The molecule has 0 aromatic rings. The van der Waals surface area contributed by atoms with Gasteiger partial charge in [0.25, 0.3) is 0 Å². The Hall–Kier alpha value is -1.36. The fourth-order valence-electron chi connectivity index (χ4n) is 1.83. The molecule has 19 heavy (non-hydrogen) atoms. The lowest BCUT2D eigenvalue weighted by molar-refractivity contribution is 0.0540. The van der Waals surface area contributed by atoms with Gasteiger partial charge in [0.1, 0.15) is 5.60 Å². The highest BCUT2D eigenvalue weighted by atomic mass is 16.6. The van der Waals surface area contributed by atoms with Crippen LogP contribution >= 0.6 is 0 Å². The smallest absolute Gasteiger partial charge is 0.411 e. The molecule has 0 heterocycles. The summed E-state index contributed by atoms with van der Waals surface area (Å²) in [6.45, 7) is 8.79. The topological polar surface area (TPSA) is 76.7 Å². The minimum absolute atomic E-state index is 0.310. The molecule has 0 bridgehead atoms. The van der Waals surface area contributed by atoms with E-state index in [9.17, 15) is 4.79 Å². The van der Waals surface area contributed by atoms with Crippen LogP contribution in [0, 0.1) is 5.92 Å². The van der Waals surface area contributed by atoms with Crippen LogP contribution < -0.4 is 11.1 Å². The molecule has 5 nitrogen and oxygen atoms in total. The normalized spacial score (nSPS) is 22.1. The third-order valence-corrected chi connectivity index (χ3v) is 2.78. The molecule has 0 fully saturated rings. The molecule has 1 unspecified atom stereocenters. The zero-order valence-corrected chi connectivity index (χ0v) is 12.3. The molecule has 1 aliphatic rings. The van der Waals surface area contributed by atoms with Crippen LogP contribution in [0.25, 0.3) is 0 Å². The zero-order chi connectivity index (χ0) is 14.5. The first-order chi connectivity index (χ1) is 8.81. The maximum atomic E-state index is 11.8. The van der Waals surface area contributed by atoms with E-state index in [2.05, 4.69) is 17.2 Å². The second kappa shape index (κ2) is 6.70. The highest BCUT2D eigenvalue weighted by Gasteiger charge is 2.21. The van der Waals surface area contributed by atoms with Crippen LogP contribution in [-0.2, 0) is 4.74 Å². The van der Waals surface area contributed by atoms with Crippen LogP contribution in [0.2, 0.25) is 0 Å². The number of hydrogen-bond acceptors (Lipinski definition) is 4. The van der Waals surface area contributed by atoms with Gasteiger partial charge in [0.05, 0.1) is 6.54 Å². The van der Waals surface area contributed by atoms with E-state index < -0.39 is 11.7 Å². The zero-order valence-electron chi connectivity index (χ0n) is 12.3. The molecule has 108 valence electrons. The van der Waals surface area contributed by atoms with Gasteiger partial charge >= 0.3 is 6.09 Å². The molecule has 0 aromatic carbocycles. The maximum Gasteiger partial charge on any atom is 0.411 e. The molecule has 1 rings (SSSR count). The van der Waals surface area contributed by atoms with E-state index in [1.165, 1.54) is 0 Å². The van der Waals surface area contributed by atoms with Crippen molar-refractivity contribution in [2.75, 3.05) is 13.1 Å². The first-order valence-corrected chi connectivity index (χ1v) is 6.77.